The Labute approximate surface area is 214 Å². The van der Waals surface area contributed by atoms with Gasteiger partial charge in [0.15, 0.2) is 5.78 Å². The zero-order chi connectivity index (χ0) is 25.1. The Kier molecular flexibility index (Phi) is 4.74. The fourth-order valence-electron chi connectivity index (χ4n) is 6.50. The summed E-state index contributed by atoms with van der Waals surface area (Å²) in [6.45, 7) is 0. The lowest BCUT2D eigenvalue weighted by Gasteiger charge is -2.37. The van der Waals surface area contributed by atoms with Gasteiger partial charge in [0.25, 0.3) is 0 Å². The Morgan fingerprint density at radius 1 is 0.838 bits per heavy atom. The van der Waals surface area contributed by atoms with E-state index in [2.05, 4.69) is 30.3 Å². The minimum Gasteiger partial charge on any atom is -0.497 e. The highest BCUT2D eigenvalue weighted by molar-refractivity contribution is 6.08. The Balaban J connectivity index is 1.42. The van der Waals surface area contributed by atoms with E-state index in [0.717, 1.165) is 33.0 Å². The van der Waals surface area contributed by atoms with Crippen LogP contribution in [0.5, 0.6) is 5.75 Å². The molecule has 4 aromatic rings. The van der Waals surface area contributed by atoms with Crippen LogP contribution in [0.15, 0.2) is 103 Å². The first kappa shape index (κ1) is 21.8. The Hall–Kier alpha value is -4.44. The van der Waals surface area contributed by atoms with Crippen LogP contribution in [0.4, 0.5) is 0 Å². The topological polar surface area (TPSA) is 52.6 Å². The Morgan fingerprint density at radius 3 is 2.32 bits per heavy atom. The summed E-state index contributed by atoms with van der Waals surface area (Å²) in [5, 5.41) is 2.18. The molecular weight excluding hydrogens is 460 g/mol. The van der Waals surface area contributed by atoms with Gasteiger partial charge in [0.05, 0.1) is 18.1 Å². The van der Waals surface area contributed by atoms with Crippen LogP contribution in [-0.2, 0) is 14.9 Å². The van der Waals surface area contributed by atoms with Crippen LogP contribution in [0.1, 0.15) is 44.6 Å². The van der Waals surface area contributed by atoms with Gasteiger partial charge in [-0.05, 0) is 69.4 Å². The summed E-state index contributed by atoms with van der Waals surface area (Å²) in [7, 11) is 1.64. The second-order valence-corrected chi connectivity index (χ2v) is 9.95. The van der Waals surface area contributed by atoms with Crippen LogP contribution in [0, 0.1) is 5.92 Å². The average Bonchev–Trinajstić information content (AvgIpc) is 3.47. The molecule has 0 radical (unpaired) electrons. The maximum atomic E-state index is 13.9. The van der Waals surface area contributed by atoms with Crippen molar-refractivity contribution in [2.24, 2.45) is 5.92 Å². The highest BCUT2D eigenvalue weighted by Crippen LogP contribution is 2.62. The number of benzene rings is 4. The molecule has 37 heavy (non-hydrogen) atoms. The number of rotatable bonds is 3. The monoisotopic (exact) mass is 484 g/mol. The molecule has 1 spiro atoms. The molecular formula is C33H24O4. The fourth-order valence-corrected chi connectivity index (χ4v) is 6.50. The summed E-state index contributed by atoms with van der Waals surface area (Å²) in [5.41, 5.74) is 3.56. The van der Waals surface area contributed by atoms with Gasteiger partial charge < -0.3 is 9.47 Å². The van der Waals surface area contributed by atoms with E-state index in [0.29, 0.717) is 11.3 Å². The lowest BCUT2D eigenvalue weighted by molar-refractivity contribution is -0.119. The predicted octanol–water partition coefficient (Wildman–Crippen LogP) is 6.56. The van der Waals surface area contributed by atoms with Crippen LogP contribution in [0.3, 0.4) is 0 Å². The first-order valence-electron chi connectivity index (χ1n) is 12.5. The van der Waals surface area contributed by atoms with Crippen molar-refractivity contribution in [3.05, 3.63) is 131 Å². The first-order chi connectivity index (χ1) is 18.1. The van der Waals surface area contributed by atoms with E-state index in [9.17, 15) is 9.59 Å². The van der Waals surface area contributed by atoms with E-state index in [1.807, 2.05) is 60.7 Å². The molecule has 7 rings (SSSR count). The number of carbonyl (C=O) groups is 2. The number of methoxy groups -OCH3 is 1. The van der Waals surface area contributed by atoms with Crippen molar-refractivity contribution >= 4 is 28.6 Å². The third-order valence-corrected chi connectivity index (χ3v) is 8.17. The second kappa shape index (κ2) is 8.04. The molecule has 0 saturated carbocycles. The largest absolute Gasteiger partial charge is 0.497 e. The van der Waals surface area contributed by atoms with Crippen LogP contribution in [0.2, 0.25) is 0 Å². The normalized spacial score (nSPS) is 24.7. The van der Waals surface area contributed by atoms with E-state index in [1.54, 1.807) is 25.3 Å². The van der Waals surface area contributed by atoms with Crippen molar-refractivity contribution in [1.29, 1.82) is 0 Å². The number of hydrogen-bond donors (Lipinski definition) is 0. The predicted molar refractivity (Wildman–Crippen MR) is 143 cm³/mol. The zero-order valence-electron chi connectivity index (χ0n) is 20.3. The molecule has 4 heteroatoms. The van der Waals surface area contributed by atoms with Crippen LogP contribution in [-0.4, -0.2) is 18.9 Å². The Bertz CT molecular complexity index is 1650. The van der Waals surface area contributed by atoms with Gasteiger partial charge in [0.2, 0.25) is 0 Å². The third-order valence-electron chi connectivity index (χ3n) is 8.17. The number of hydrogen-bond acceptors (Lipinski definition) is 4. The summed E-state index contributed by atoms with van der Waals surface area (Å²) < 4.78 is 11.8. The van der Waals surface area contributed by atoms with E-state index in [-0.39, 0.29) is 23.6 Å². The van der Waals surface area contributed by atoms with Gasteiger partial charge in [-0.1, -0.05) is 72.8 Å². The van der Waals surface area contributed by atoms with Crippen molar-refractivity contribution in [3.8, 4) is 5.75 Å². The lowest BCUT2D eigenvalue weighted by Crippen LogP contribution is -2.40. The van der Waals surface area contributed by atoms with Gasteiger partial charge in [0.1, 0.15) is 11.9 Å². The zero-order valence-corrected chi connectivity index (χ0v) is 20.3. The number of esters is 1. The molecule has 180 valence electrons. The highest BCUT2D eigenvalue weighted by Gasteiger charge is 2.59. The molecule has 0 heterocycles. The Morgan fingerprint density at radius 2 is 1.57 bits per heavy atom. The molecule has 4 atom stereocenters. The van der Waals surface area contributed by atoms with Crippen molar-refractivity contribution in [3.63, 3.8) is 0 Å². The number of ketones is 1. The summed E-state index contributed by atoms with van der Waals surface area (Å²) in [6.07, 6.45) is 7.19. The second-order valence-electron chi connectivity index (χ2n) is 9.95. The van der Waals surface area contributed by atoms with Gasteiger partial charge >= 0.3 is 5.97 Å². The van der Waals surface area contributed by atoms with Gasteiger partial charge in [-0.15, -0.1) is 0 Å². The summed E-state index contributed by atoms with van der Waals surface area (Å²) >= 11 is 0. The SMILES string of the molecule is COc1ccc2c(c1)C1(C=CC3C1c1cc4ccccc4cc1[C@H]3OC(=O)c1ccccc1)C(=O)C=C2. The fraction of sp³-hybridized carbons (Fsp3) is 0.152. The van der Waals surface area contributed by atoms with Gasteiger partial charge in [0, 0.05) is 11.8 Å². The molecule has 0 saturated heterocycles. The van der Waals surface area contributed by atoms with Crippen LogP contribution >= 0.6 is 0 Å². The van der Waals surface area contributed by atoms with Crippen molar-refractivity contribution in [1.82, 2.24) is 0 Å². The third kappa shape index (κ3) is 3.08. The molecule has 0 fully saturated rings. The maximum absolute atomic E-state index is 13.9. The molecule has 3 unspecified atom stereocenters. The summed E-state index contributed by atoms with van der Waals surface area (Å²) in [5.74, 6) is 0.00242. The quantitative estimate of drug-likeness (QED) is 0.244. The average molecular weight is 485 g/mol. The molecule has 0 aliphatic heterocycles. The van der Waals surface area contributed by atoms with Gasteiger partial charge in [-0.2, -0.15) is 0 Å². The van der Waals surface area contributed by atoms with Crippen LogP contribution < -0.4 is 4.74 Å². The van der Waals surface area contributed by atoms with E-state index in [4.69, 9.17) is 9.47 Å². The van der Waals surface area contributed by atoms with E-state index in [1.165, 1.54) is 0 Å². The molecule has 0 bridgehead atoms. The minimum atomic E-state index is -0.894. The van der Waals surface area contributed by atoms with Crippen molar-refractivity contribution < 1.29 is 19.1 Å². The van der Waals surface area contributed by atoms with Crippen molar-refractivity contribution in [2.75, 3.05) is 7.11 Å². The number of fused-ring (bicyclic) bond motifs is 7. The molecule has 0 N–H and O–H groups in total. The van der Waals surface area contributed by atoms with E-state index < -0.39 is 11.5 Å². The van der Waals surface area contributed by atoms with Gasteiger partial charge in [-0.25, -0.2) is 4.79 Å². The molecule has 0 amide bonds. The number of carbonyl (C=O) groups excluding carboxylic acids is 2. The first-order valence-corrected chi connectivity index (χ1v) is 12.5. The molecule has 4 aromatic carbocycles. The van der Waals surface area contributed by atoms with Crippen LogP contribution in [0.25, 0.3) is 16.8 Å². The number of allylic oxidation sites excluding steroid dienone is 2. The smallest absolute Gasteiger partial charge is 0.338 e. The molecule has 0 aromatic heterocycles. The van der Waals surface area contributed by atoms with E-state index >= 15 is 0 Å². The molecule has 3 aliphatic rings. The van der Waals surface area contributed by atoms with Gasteiger partial charge in [-0.3, -0.25) is 4.79 Å². The molecule has 4 nitrogen and oxygen atoms in total. The number of ether oxygens (including phenoxy) is 2. The minimum absolute atomic E-state index is 0.0335. The lowest BCUT2D eigenvalue weighted by atomic mass is 9.63. The summed E-state index contributed by atoms with van der Waals surface area (Å²) in [4.78, 5) is 27.1. The maximum Gasteiger partial charge on any atom is 0.338 e. The summed E-state index contributed by atoms with van der Waals surface area (Å²) in [6, 6.07) is 27.5. The highest BCUT2D eigenvalue weighted by atomic mass is 16.5. The molecule has 3 aliphatic carbocycles. The standard InChI is InChI=1S/C33H24O4/c1-36-24-13-11-20-12-14-29(34)33(28(20)19-24)16-15-25-30(33)26-17-22-9-5-6-10-23(22)18-27(26)31(25)37-32(35)21-7-3-2-4-8-21/h2-19,25,30-31H,1H3/t25?,30?,31-,33?/m0/s1. The van der Waals surface area contributed by atoms with Crippen molar-refractivity contribution in [2.45, 2.75) is 17.4 Å².